The van der Waals surface area contributed by atoms with Crippen molar-refractivity contribution >= 4 is 0 Å². The summed E-state index contributed by atoms with van der Waals surface area (Å²) in [5.41, 5.74) is 3.44. The fourth-order valence-corrected chi connectivity index (χ4v) is 4.36. The number of hydrogen-bond donors (Lipinski definition) is 0. The van der Waals surface area contributed by atoms with Gasteiger partial charge in [0.1, 0.15) is 37.7 Å². The lowest BCUT2D eigenvalue weighted by atomic mass is 9.94. The zero-order chi connectivity index (χ0) is 25.5. The van der Waals surface area contributed by atoms with E-state index in [-0.39, 0.29) is 12.6 Å². The quantitative estimate of drug-likeness (QED) is 0.228. The second kappa shape index (κ2) is 11.9. The average Bonchev–Trinajstić information content (AvgIpc) is 2.95. The van der Waals surface area contributed by atoms with Crippen LogP contribution in [0.25, 0.3) is 0 Å². The largest absolute Gasteiger partial charge is 0.485 e. The smallest absolute Gasteiger partial charge is 0.162 e. The molecule has 0 unspecified atom stereocenters. The Bertz CT molecular complexity index is 1300. The van der Waals surface area contributed by atoms with Gasteiger partial charge in [-0.2, -0.15) is 0 Å². The first kappa shape index (κ1) is 24.8. The molecule has 37 heavy (non-hydrogen) atoms. The third-order valence-corrected chi connectivity index (χ3v) is 6.24. The van der Waals surface area contributed by atoms with Crippen LogP contribution in [-0.4, -0.2) is 20.0 Å². The Hall–Kier alpha value is -3.87. The van der Waals surface area contributed by atoms with Gasteiger partial charge in [-0.3, -0.25) is 0 Å². The van der Waals surface area contributed by atoms with E-state index in [4.69, 9.17) is 23.7 Å². The Morgan fingerprint density at radius 3 is 2.14 bits per heavy atom. The van der Waals surface area contributed by atoms with E-state index in [1.54, 1.807) is 19.2 Å². The van der Waals surface area contributed by atoms with Gasteiger partial charge in [-0.05, 0) is 41.0 Å². The van der Waals surface area contributed by atoms with Gasteiger partial charge < -0.3 is 23.7 Å². The minimum atomic E-state index is -0.480. The first-order valence-corrected chi connectivity index (χ1v) is 12.2. The lowest BCUT2D eigenvalue weighted by Crippen LogP contribution is -2.34. The van der Waals surface area contributed by atoms with Crippen LogP contribution in [0.1, 0.15) is 28.4 Å². The monoisotopic (exact) mass is 500 g/mol. The number of rotatable bonds is 10. The maximum atomic E-state index is 14.5. The van der Waals surface area contributed by atoms with Gasteiger partial charge in [-0.15, -0.1) is 0 Å². The van der Waals surface area contributed by atoms with Crippen molar-refractivity contribution in [3.05, 3.63) is 125 Å². The molecule has 0 saturated carbocycles. The number of fused-ring (bicyclic) bond motifs is 1. The maximum absolute atomic E-state index is 14.5. The Morgan fingerprint density at radius 2 is 1.46 bits per heavy atom. The summed E-state index contributed by atoms with van der Waals surface area (Å²) in [6.07, 6.45) is -0.559. The van der Waals surface area contributed by atoms with Crippen LogP contribution >= 0.6 is 0 Å². The van der Waals surface area contributed by atoms with E-state index in [0.29, 0.717) is 42.4 Å². The predicted molar refractivity (Wildman–Crippen MR) is 138 cm³/mol. The van der Waals surface area contributed by atoms with Crippen molar-refractivity contribution in [3.63, 3.8) is 0 Å². The van der Waals surface area contributed by atoms with Gasteiger partial charge in [0.25, 0.3) is 0 Å². The minimum Gasteiger partial charge on any atom is -0.485 e. The highest BCUT2D eigenvalue weighted by Gasteiger charge is 2.34. The summed E-state index contributed by atoms with van der Waals surface area (Å²) in [6.45, 7) is 0.868. The minimum absolute atomic E-state index is 0.0734. The first-order chi connectivity index (χ1) is 18.2. The van der Waals surface area contributed by atoms with Crippen molar-refractivity contribution in [2.24, 2.45) is 0 Å². The SMILES string of the molecule is COCO[C@@H]1Cc2c(F)cccc2O[C@@H]1c1ccc(OCc2ccccc2)c(OCc2ccccc2)c1. The molecule has 0 radical (unpaired) electrons. The highest BCUT2D eigenvalue weighted by Crippen LogP contribution is 2.40. The van der Waals surface area contributed by atoms with Gasteiger partial charge in [0.05, 0.1) is 0 Å². The fourth-order valence-electron chi connectivity index (χ4n) is 4.36. The van der Waals surface area contributed by atoms with Crippen molar-refractivity contribution in [3.8, 4) is 17.2 Å². The molecule has 1 aliphatic heterocycles. The van der Waals surface area contributed by atoms with E-state index >= 15 is 0 Å². The number of halogens is 1. The molecule has 0 aromatic heterocycles. The lowest BCUT2D eigenvalue weighted by Gasteiger charge is -2.34. The summed E-state index contributed by atoms with van der Waals surface area (Å²) in [6, 6.07) is 30.5. The zero-order valence-corrected chi connectivity index (χ0v) is 20.6. The fraction of sp³-hybridized carbons (Fsp3) is 0.226. The Morgan fingerprint density at radius 1 is 0.784 bits per heavy atom. The lowest BCUT2D eigenvalue weighted by molar-refractivity contribution is -0.113. The summed E-state index contributed by atoms with van der Waals surface area (Å²) < 4.78 is 44.2. The van der Waals surface area contributed by atoms with Crippen LogP contribution in [0.15, 0.2) is 97.1 Å². The topological polar surface area (TPSA) is 46.2 Å². The second-order valence-electron chi connectivity index (χ2n) is 8.83. The van der Waals surface area contributed by atoms with Gasteiger partial charge in [0.2, 0.25) is 0 Å². The van der Waals surface area contributed by atoms with Gasteiger partial charge >= 0.3 is 0 Å². The number of hydrogen-bond acceptors (Lipinski definition) is 5. The van der Waals surface area contributed by atoms with E-state index in [1.807, 2.05) is 78.9 Å². The van der Waals surface area contributed by atoms with Crippen LogP contribution in [0.5, 0.6) is 17.2 Å². The molecule has 0 aliphatic carbocycles. The van der Waals surface area contributed by atoms with Crippen LogP contribution in [-0.2, 0) is 29.1 Å². The third kappa shape index (κ3) is 6.10. The first-order valence-electron chi connectivity index (χ1n) is 12.2. The van der Waals surface area contributed by atoms with E-state index in [1.165, 1.54) is 6.07 Å². The normalized spacial score (nSPS) is 16.5. The van der Waals surface area contributed by atoms with Crippen molar-refractivity contribution < 1.29 is 28.1 Å². The molecule has 5 nitrogen and oxygen atoms in total. The van der Waals surface area contributed by atoms with E-state index < -0.39 is 12.2 Å². The molecule has 190 valence electrons. The van der Waals surface area contributed by atoms with Crippen molar-refractivity contribution in [1.29, 1.82) is 0 Å². The highest BCUT2D eigenvalue weighted by atomic mass is 19.1. The summed E-state index contributed by atoms with van der Waals surface area (Å²) in [5.74, 6) is 1.42. The molecular formula is C31H29FO5. The standard InChI is InChI=1S/C31H29FO5/c1-33-21-36-30-18-25-26(32)13-8-14-27(25)37-31(30)24-15-16-28(34-19-22-9-4-2-5-10-22)29(17-24)35-20-23-11-6-3-7-12-23/h2-17,30-31H,18-21H2,1H3/t30-,31-/m1/s1. The molecule has 5 rings (SSSR count). The Kier molecular flexibility index (Phi) is 7.99. The summed E-state index contributed by atoms with van der Waals surface area (Å²) in [5, 5.41) is 0. The van der Waals surface area contributed by atoms with Crippen molar-refractivity contribution in [1.82, 2.24) is 0 Å². The van der Waals surface area contributed by atoms with E-state index in [2.05, 4.69) is 0 Å². The number of benzene rings is 4. The van der Waals surface area contributed by atoms with Crippen LogP contribution in [0.3, 0.4) is 0 Å². The summed E-state index contributed by atoms with van der Waals surface area (Å²) in [4.78, 5) is 0. The molecule has 0 N–H and O–H groups in total. The summed E-state index contributed by atoms with van der Waals surface area (Å²) in [7, 11) is 1.56. The van der Waals surface area contributed by atoms with Gasteiger partial charge in [-0.1, -0.05) is 72.8 Å². The molecule has 4 aromatic carbocycles. The molecule has 0 fully saturated rings. The average molecular weight is 501 g/mol. The molecule has 6 heteroatoms. The number of methoxy groups -OCH3 is 1. The van der Waals surface area contributed by atoms with Crippen LogP contribution in [0.4, 0.5) is 4.39 Å². The van der Waals surface area contributed by atoms with E-state index in [9.17, 15) is 4.39 Å². The van der Waals surface area contributed by atoms with Gasteiger partial charge in [0.15, 0.2) is 17.6 Å². The molecule has 0 saturated heterocycles. The third-order valence-electron chi connectivity index (χ3n) is 6.24. The highest BCUT2D eigenvalue weighted by molar-refractivity contribution is 5.46. The van der Waals surface area contributed by atoms with Gasteiger partial charge in [0, 0.05) is 19.1 Å². The van der Waals surface area contributed by atoms with Gasteiger partial charge in [-0.25, -0.2) is 4.39 Å². The van der Waals surface area contributed by atoms with E-state index in [0.717, 1.165) is 16.7 Å². The second-order valence-corrected chi connectivity index (χ2v) is 8.83. The van der Waals surface area contributed by atoms with Crippen molar-refractivity contribution in [2.75, 3.05) is 13.9 Å². The summed E-state index contributed by atoms with van der Waals surface area (Å²) >= 11 is 0. The number of ether oxygens (including phenoxy) is 5. The zero-order valence-electron chi connectivity index (χ0n) is 20.6. The molecule has 1 aliphatic rings. The molecule has 1 heterocycles. The molecule has 0 bridgehead atoms. The predicted octanol–water partition coefficient (Wildman–Crippen LogP) is 6.65. The Balaban J connectivity index is 1.44. The van der Waals surface area contributed by atoms with Crippen molar-refractivity contribution in [2.45, 2.75) is 31.8 Å². The molecule has 0 amide bonds. The Labute approximate surface area is 216 Å². The molecule has 4 aromatic rings. The van der Waals surface area contributed by atoms with Crippen LogP contribution < -0.4 is 14.2 Å². The molecule has 0 spiro atoms. The van der Waals surface area contributed by atoms with Crippen LogP contribution in [0.2, 0.25) is 0 Å². The maximum Gasteiger partial charge on any atom is 0.162 e. The van der Waals surface area contributed by atoms with Crippen LogP contribution in [0, 0.1) is 5.82 Å². The molecular weight excluding hydrogens is 471 g/mol. The molecule has 2 atom stereocenters.